The van der Waals surface area contributed by atoms with Crippen molar-refractivity contribution < 1.29 is 14.2 Å². The maximum absolute atomic E-state index is 6.06. The third kappa shape index (κ3) is 2.85. The summed E-state index contributed by atoms with van der Waals surface area (Å²) in [4.78, 5) is 6.06. The molecule has 3 aliphatic rings. The molecule has 0 aromatic carbocycles. The molecule has 7 heteroatoms. The molecule has 0 spiro atoms. The maximum Gasteiger partial charge on any atom is 0.335 e. The van der Waals surface area contributed by atoms with Crippen LogP contribution in [0, 0.1) is 0 Å². The summed E-state index contributed by atoms with van der Waals surface area (Å²) in [6.45, 7) is 0.789. The molecule has 1 unspecified atom stereocenters. The molecule has 0 bridgehead atoms. The van der Waals surface area contributed by atoms with E-state index in [4.69, 9.17) is 9.57 Å². The number of hydrogen-bond acceptors (Lipinski definition) is 6. The quantitative estimate of drug-likeness (QED) is 0.746. The number of nitrogens with one attached hydrogen (secondary N) is 1. The highest BCUT2D eigenvalue weighted by Crippen LogP contribution is 2.43. The van der Waals surface area contributed by atoms with E-state index in [1.165, 1.54) is 16.7 Å². The molecule has 148 valence electrons. The number of aromatic nitrogens is 2. The Hall–Kier alpha value is -2.74. The standard InChI is InChI=1S/C22H23N4O2S/c1-27-19-11-16-5-3-4-6-18(16)21-20-17(13-26(19,21)28-2)12-24-25-22(20)23-9-7-15-8-10-29-14-15/h4,6,8,10-14H,3,5,7,9H2,1-2H3,(H,23,25)/q+1. The van der Waals surface area contributed by atoms with Crippen molar-refractivity contribution in [3.63, 3.8) is 0 Å². The zero-order chi connectivity index (χ0) is 19.8. The fourth-order valence-electron chi connectivity index (χ4n) is 4.28. The summed E-state index contributed by atoms with van der Waals surface area (Å²) in [5.74, 6) is 1.53. The van der Waals surface area contributed by atoms with E-state index in [-0.39, 0.29) is 4.65 Å². The Morgan fingerprint density at radius 1 is 1.31 bits per heavy atom. The van der Waals surface area contributed by atoms with Gasteiger partial charge in [0.25, 0.3) is 0 Å². The topological polar surface area (TPSA) is 56.3 Å². The number of methoxy groups -OCH3 is 1. The minimum atomic E-state index is 0.0849. The molecule has 0 radical (unpaired) electrons. The molecule has 1 atom stereocenters. The van der Waals surface area contributed by atoms with Gasteiger partial charge in [-0.05, 0) is 47.2 Å². The van der Waals surface area contributed by atoms with Gasteiger partial charge in [0.2, 0.25) is 0 Å². The number of ether oxygens (including phenoxy) is 1. The van der Waals surface area contributed by atoms with Crippen LogP contribution in [-0.2, 0) is 16.0 Å². The minimum Gasteiger partial charge on any atom is -0.452 e. The van der Waals surface area contributed by atoms with E-state index in [1.807, 2.05) is 6.20 Å². The zero-order valence-electron chi connectivity index (χ0n) is 16.5. The number of allylic oxidation sites excluding steroid dienone is 3. The second-order valence-corrected chi connectivity index (χ2v) is 8.00. The lowest BCUT2D eigenvalue weighted by molar-refractivity contribution is -0.962. The number of thiophene rings is 1. The number of rotatable bonds is 6. The predicted molar refractivity (Wildman–Crippen MR) is 113 cm³/mol. The summed E-state index contributed by atoms with van der Waals surface area (Å²) in [6.07, 6.45) is 13.3. The van der Waals surface area contributed by atoms with Crippen molar-refractivity contribution in [3.8, 4) is 0 Å². The minimum absolute atomic E-state index is 0.0849. The van der Waals surface area contributed by atoms with Gasteiger partial charge in [0, 0.05) is 18.2 Å². The number of anilines is 1. The van der Waals surface area contributed by atoms with E-state index in [1.54, 1.807) is 31.8 Å². The SMILES string of the molecule is COC1=CC2=C(C=CCC2)C2=c3c(NCCc4ccsc4)nncc3=C[N+]12OC. The van der Waals surface area contributed by atoms with Crippen LogP contribution in [0.1, 0.15) is 18.4 Å². The lowest BCUT2D eigenvalue weighted by atomic mass is 9.91. The van der Waals surface area contributed by atoms with Crippen LogP contribution in [0.25, 0.3) is 11.9 Å². The van der Waals surface area contributed by atoms with Gasteiger partial charge in [0.1, 0.15) is 0 Å². The van der Waals surface area contributed by atoms with Crippen LogP contribution in [0.5, 0.6) is 0 Å². The first-order chi connectivity index (χ1) is 14.3. The molecule has 2 aliphatic heterocycles. The van der Waals surface area contributed by atoms with Crippen LogP contribution >= 0.6 is 11.3 Å². The Labute approximate surface area is 173 Å². The Balaban J connectivity index is 1.66. The second-order valence-electron chi connectivity index (χ2n) is 7.22. The molecule has 0 fully saturated rings. The van der Waals surface area contributed by atoms with Crippen molar-refractivity contribution in [3.05, 3.63) is 74.3 Å². The predicted octanol–water partition coefficient (Wildman–Crippen LogP) is 2.58. The Bertz CT molecular complexity index is 1160. The smallest absolute Gasteiger partial charge is 0.335 e. The number of nitrogens with zero attached hydrogens (tertiary/aromatic N) is 3. The number of quaternary nitrogens is 1. The van der Waals surface area contributed by atoms with Gasteiger partial charge in [-0.1, -0.05) is 16.8 Å². The highest BCUT2D eigenvalue weighted by atomic mass is 32.1. The van der Waals surface area contributed by atoms with Gasteiger partial charge in [-0.15, -0.1) is 5.10 Å². The highest BCUT2D eigenvalue weighted by Gasteiger charge is 2.49. The van der Waals surface area contributed by atoms with Crippen molar-refractivity contribution in [2.75, 3.05) is 26.1 Å². The van der Waals surface area contributed by atoms with Gasteiger partial charge in [-0.2, -0.15) is 21.3 Å². The molecule has 0 saturated carbocycles. The lowest BCUT2D eigenvalue weighted by Crippen LogP contribution is -2.42. The molecular weight excluding hydrogens is 384 g/mol. The van der Waals surface area contributed by atoms with Gasteiger partial charge < -0.3 is 10.1 Å². The third-order valence-corrected chi connectivity index (χ3v) is 6.38. The fraction of sp³-hybridized carbons (Fsp3) is 0.273. The lowest BCUT2D eigenvalue weighted by Gasteiger charge is -2.34. The van der Waals surface area contributed by atoms with Gasteiger partial charge in [0.15, 0.2) is 17.7 Å². The molecule has 0 saturated heterocycles. The third-order valence-electron chi connectivity index (χ3n) is 5.64. The van der Waals surface area contributed by atoms with Gasteiger partial charge >= 0.3 is 5.88 Å². The van der Waals surface area contributed by atoms with E-state index in [9.17, 15) is 0 Å². The average molecular weight is 408 g/mol. The van der Waals surface area contributed by atoms with Crippen molar-refractivity contribution in [2.45, 2.75) is 19.3 Å². The molecule has 2 aromatic rings. The van der Waals surface area contributed by atoms with Crippen LogP contribution in [0.4, 0.5) is 5.82 Å². The molecule has 29 heavy (non-hydrogen) atoms. The molecule has 1 N–H and O–H groups in total. The van der Waals surface area contributed by atoms with Crippen LogP contribution in [0.3, 0.4) is 0 Å². The Morgan fingerprint density at radius 3 is 3.03 bits per heavy atom. The van der Waals surface area contributed by atoms with E-state index in [0.29, 0.717) is 0 Å². The second kappa shape index (κ2) is 7.26. The summed E-state index contributed by atoms with van der Waals surface area (Å²) in [7, 11) is 3.40. The average Bonchev–Trinajstić information content (AvgIpc) is 3.39. The van der Waals surface area contributed by atoms with Crippen molar-refractivity contribution in [1.82, 2.24) is 10.2 Å². The van der Waals surface area contributed by atoms with Crippen molar-refractivity contribution >= 4 is 29.1 Å². The van der Waals surface area contributed by atoms with Crippen LogP contribution in [0.2, 0.25) is 0 Å². The number of hydrogen-bond donors (Lipinski definition) is 1. The Morgan fingerprint density at radius 2 is 2.24 bits per heavy atom. The Kier molecular flexibility index (Phi) is 4.58. The summed E-state index contributed by atoms with van der Waals surface area (Å²) < 4.78 is 5.87. The summed E-state index contributed by atoms with van der Waals surface area (Å²) in [6, 6.07) is 2.16. The van der Waals surface area contributed by atoms with Crippen molar-refractivity contribution in [1.29, 1.82) is 0 Å². The largest absolute Gasteiger partial charge is 0.452 e. The molecule has 2 aromatic heterocycles. The highest BCUT2D eigenvalue weighted by molar-refractivity contribution is 7.07. The van der Waals surface area contributed by atoms with Gasteiger partial charge in [0.05, 0.1) is 30.9 Å². The first-order valence-electron chi connectivity index (χ1n) is 9.72. The monoisotopic (exact) mass is 407 g/mol. The first kappa shape index (κ1) is 18.3. The van der Waals surface area contributed by atoms with Gasteiger partial charge in [-0.25, -0.2) is 0 Å². The maximum atomic E-state index is 6.06. The molecule has 0 amide bonds. The molecular formula is C22H23N4O2S+. The summed E-state index contributed by atoms with van der Waals surface area (Å²) >= 11 is 1.72. The van der Waals surface area contributed by atoms with E-state index < -0.39 is 0 Å². The molecule has 1 aliphatic carbocycles. The first-order valence-corrected chi connectivity index (χ1v) is 10.7. The van der Waals surface area contributed by atoms with Gasteiger partial charge in [-0.3, -0.25) is 0 Å². The molecule has 5 rings (SSSR count). The fourth-order valence-corrected chi connectivity index (χ4v) is 4.98. The number of hydroxylamine groups is 3. The van der Waals surface area contributed by atoms with E-state index >= 15 is 0 Å². The summed E-state index contributed by atoms with van der Waals surface area (Å²) in [5.41, 5.74) is 4.82. The molecule has 4 heterocycles. The number of fused-ring (bicyclic) bond motifs is 3. The molecule has 6 nitrogen and oxygen atoms in total. The van der Waals surface area contributed by atoms with Crippen LogP contribution in [-0.4, -0.2) is 35.6 Å². The van der Waals surface area contributed by atoms with Crippen LogP contribution < -0.4 is 15.8 Å². The van der Waals surface area contributed by atoms with E-state index in [0.717, 1.165) is 53.6 Å². The van der Waals surface area contributed by atoms with Crippen molar-refractivity contribution in [2.24, 2.45) is 0 Å². The normalized spacial score (nSPS) is 21.9. The summed E-state index contributed by atoms with van der Waals surface area (Å²) in [5, 5.41) is 18.5. The zero-order valence-corrected chi connectivity index (χ0v) is 17.3. The van der Waals surface area contributed by atoms with E-state index in [2.05, 4.69) is 50.6 Å². The van der Waals surface area contributed by atoms with Crippen LogP contribution in [0.15, 0.2) is 58.3 Å².